The monoisotopic (exact) mass is 278 g/mol. The van der Waals surface area contributed by atoms with Crippen LogP contribution in [0.1, 0.15) is 36.7 Å². The SMILES string of the molecule is COC(=O)c1ccc(C)c(NCC(=O)NC(C)(C)C)c1. The van der Waals surface area contributed by atoms with Crippen LogP contribution in [0.3, 0.4) is 0 Å². The van der Waals surface area contributed by atoms with Crippen LogP contribution in [0.2, 0.25) is 0 Å². The fourth-order valence-corrected chi connectivity index (χ4v) is 1.70. The second-order valence-electron chi connectivity index (χ2n) is 5.67. The summed E-state index contributed by atoms with van der Waals surface area (Å²) in [4.78, 5) is 23.2. The molecule has 0 fully saturated rings. The fourth-order valence-electron chi connectivity index (χ4n) is 1.70. The lowest BCUT2D eigenvalue weighted by Gasteiger charge is -2.21. The van der Waals surface area contributed by atoms with Crippen molar-refractivity contribution < 1.29 is 14.3 Å². The second-order valence-corrected chi connectivity index (χ2v) is 5.67. The summed E-state index contributed by atoms with van der Waals surface area (Å²) >= 11 is 0. The number of anilines is 1. The third-order valence-electron chi connectivity index (χ3n) is 2.61. The molecule has 110 valence electrons. The first-order valence-corrected chi connectivity index (χ1v) is 6.47. The molecule has 0 unspecified atom stereocenters. The predicted molar refractivity (Wildman–Crippen MR) is 78.9 cm³/mol. The van der Waals surface area contributed by atoms with Crippen LogP contribution in [0.5, 0.6) is 0 Å². The minimum Gasteiger partial charge on any atom is -0.465 e. The summed E-state index contributed by atoms with van der Waals surface area (Å²) in [6, 6.07) is 5.20. The van der Waals surface area contributed by atoms with Crippen LogP contribution in [-0.2, 0) is 9.53 Å². The lowest BCUT2D eigenvalue weighted by Crippen LogP contribution is -2.43. The van der Waals surface area contributed by atoms with E-state index in [0.717, 1.165) is 11.3 Å². The number of aryl methyl sites for hydroxylation is 1. The molecule has 0 aliphatic heterocycles. The molecule has 0 saturated carbocycles. The molecule has 0 aromatic heterocycles. The number of hydrogen-bond donors (Lipinski definition) is 2. The number of amides is 1. The molecule has 0 spiro atoms. The van der Waals surface area contributed by atoms with E-state index in [1.165, 1.54) is 7.11 Å². The Kier molecular flexibility index (Phi) is 5.13. The van der Waals surface area contributed by atoms with Crippen molar-refractivity contribution in [2.24, 2.45) is 0 Å². The number of esters is 1. The molecule has 0 aliphatic carbocycles. The van der Waals surface area contributed by atoms with Crippen LogP contribution >= 0.6 is 0 Å². The smallest absolute Gasteiger partial charge is 0.337 e. The highest BCUT2D eigenvalue weighted by molar-refractivity contribution is 5.91. The Labute approximate surface area is 119 Å². The first kappa shape index (κ1) is 16.0. The predicted octanol–water partition coefficient (Wildman–Crippen LogP) is 2.11. The van der Waals surface area contributed by atoms with Gasteiger partial charge in [0.05, 0.1) is 19.2 Å². The number of carbonyl (C=O) groups excluding carboxylic acids is 2. The molecule has 1 amide bonds. The van der Waals surface area contributed by atoms with E-state index in [4.69, 9.17) is 0 Å². The van der Waals surface area contributed by atoms with Gasteiger partial charge in [-0.25, -0.2) is 4.79 Å². The summed E-state index contributed by atoms with van der Waals surface area (Å²) < 4.78 is 4.68. The van der Waals surface area contributed by atoms with Gasteiger partial charge in [0.1, 0.15) is 0 Å². The molecular formula is C15H22N2O3. The highest BCUT2D eigenvalue weighted by atomic mass is 16.5. The molecule has 0 atom stereocenters. The molecule has 0 bridgehead atoms. The van der Waals surface area contributed by atoms with Crippen molar-refractivity contribution in [1.82, 2.24) is 5.32 Å². The van der Waals surface area contributed by atoms with E-state index >= 15 is 0 Å². The molecule has 1 aromatic carbocycles. The lowest BCUT2D eigenvalue weighted by molar-refractivity contribution is -0.120. The third-order valence-corrected chi connectivity index (χ3v) is 2.61. The topological polar surface area (TPSA) is 67.4 Å². The van der Waals surface area contributed by atoms with Gasteiger partial charge in [0.15, 0.2) is 0 Å². The highest BCUT2D eigenvalue weighted by Gasteiger charge is 2.14. The molecule has 1 rings (SSSR count). The fraction of sp³-hybridized carbons (Fsp3) is 0.467. The van der Waals surface area contributed by atoms with E-state index < -0.39 is 5.97 Å². The Morgan fingerprint density at radius 1 is 1.25 bits per heavy atom. The van der Waals surface area contributed by atoms with Gasteiger partial charge in [0.2, 0.25) is 5.91 Å². The summed E-state index contributed by atoms with van der Waals surface area (Å²) in [5, 5.41) is 5.90. The minimum atomic E-state index is -0.396. The van der Waals surface area contributed by atoms with Crippen molar-refractivity contribution in [3.05, 3.63) is 29.3 Å². The van der Waals surface area contributed by atoms with E-state index in [2.05, 4.69) is 15.4 Å². The normalized spacial score (nSPS) is 10.8. The van der Waals surface area contributed by atoms with Gasteiger partial charge in [-0.3, -0.25) is 4.79 Å². The van der Waals surface area contributed by atoms with Crippen molar-refractivity contribution in [1.29, 1.82) is 0 Å². The van der Waals surface area contributed by atoms with Crippen LogP contribution in [0, 0.1) is 6.92 Å². The lowest BCUT2D eigenvalue weighted by atomic mass is 10.1. The molecule has 0 radical (unpaired) electrons. The van der Waals surface area contributed by atoms with E-state index in [1.807, 2.05) is 33.8 Å². The maximum Gasteiger partial charge on any atom is 0.337 e. The minimum absolute atomic E-state index is 0.0969. The average Bonchev–Trinajstić information content (AvgIpc) is 2.34. The molecule has 0 heterocycles. The maximum absolute atomic E-state index is 11.8. The molecule has 0 saturated heterocycles. The van der Waals surface area contributed by atoms with Gasteiger partial charge in [0, 0.05) is 11.2 Å². The number of ether oxygens (including phenoxy) is 1. The number of methoxy groups -OCH3 is 1. The zero-order chi connectivity index (χ0) is 15.3. The molecule has 0 aliphatic rings. The van der Waals surface area contributed by atoms with Crippen molar-refractivity contribution >= 4 is 17.6 Å². The molecule has 5 heteroatoms. The van der Waals surface area contributed by atoms with Crippen molar-refractivity contribution in [3.63, 3.8) is 0 Å². The van der Waals surface area contributed by atoms with Crippen LogP contribution in [0.4, 0.5) is 5.69 Å². The largest absolute Gasteiger partial charge is 0.465 e. The van der Waals surface area contributed by atoms with E-state index in [-0.39, 0.29) is 18.0 Å². The Morgan fingerprint density at radius 3 is 2.45 bits per heavy atom. The summed E-state index contributed by atoms with van der Waals surface area (Å²) in [7, 11) is 1.34. The van der Waals surface area contributed by atoms with E-state index in [1.54, 1.807) is 12.1 Å². The van der Waals surface area contributed by atoms with Crippen LogP contribution in [0.25, 0.3) is 0 Å². The second kappa shape index (κ2) is 6.41. The quantitative estimate of drug-likeness (QED) is 0.828. The van der Waals surface area contributed by atoms with Gasteiger partial charge in [-0.1, -0.05) is 6.07 Å². The standard InChI is InChI=1S/C15H22N2O3/c1-10-6-7-11(14(19)20-5)8-12(10)16-9-13(18)17-15(2,3)4/h6-8,16H,9H2,1-5H3,(H,17,18). The van der Waals surface area contributed by atoms with E-state index in [9.17, 15) is 9.59 Å². The first-order valence-electron chi connectivity index (χ1n) is 6.47. The zero-order valence-corrected chi connectivity index (χ0v) is 12.7. The molecule has 20 heavy (non-hydrogen) atoms. The number of hydrogen-bond acceptors (Lipinski definition) is 4. The van der Waals surface area contributed by atoms with Gasteiger partial charge in [-0.2, -0.15) is 0 Å². The number of benzene rings is 1. The summed E-state index contributed by atoms with van der Waals surface area (Å²) in [5.41, 5.74) is 1.90. The Balaban J connectivity index is 2.72. The molecular weight excluding hydrogens is 256 g/mol. The van der Waals surface area contributed by atoms with Gasteiger partial charge >= 0.3 is 5.97 Å². The highest BCUT2D eigenvalue weighted by Crippen LogP contribution is 2.17. The van der Waals surface area contributed by atoms with E-state index in [0.29, 0.717) is 5.56 Å². The van der Waals surface area contributed by atoms with Gasteiger partial charge < -0.3 is 15.4 Å². The number of nitrogens with one attached hydrogen (secondary N) is 2. The number of carbonyl (C=O) groups is 2. The first-order chi connectivity index (χ1) is 9.23. The maximum atomic E-state index is 11.8. The summed E-state index contributed by atoms with van der Waals surface area (Å²) in [6.45, 7) is 7.84. The summed E-state index contributed by atoms with van der Waals surface area (Å²) in [5.74, 6) is -0.493. The number of rotatable bonds is 4. The van der Waals surface area contributed by atoms with Crippen LogP contribution in [-0.4, -0.2) is 31.1 Å². The Hall–Kier alpha value is -2.04. The molecule has 2 N–H and O–H groups in total. The van der Waals surface area contributed by atoms with Crippen molar-refractivity contribution in [2.75, 3.05) is 19.0 Å². The Morgan fingerprint density at radius 2 is 1.90 bits per heavy atom. The van der Waals surface area contributed by atoms with Crippen LogP contribution < -0.4 is 10.6 Å². The van der Waals surface area contributed by atoms with Crippen LogP contribution in [0.15, 0.2) is 18.2 Å². The van der Waals surface area contributed by atoms with Crippen molar-refractivity contribution in [2.45, 2.75) is 33.2 Å². The van der Waals surface area contributed by atoms with Crippen molar-refractivity contribution in [3.8, 4) is 0 Å². The van der Waals surface area contributed by atoms with Gasteiger partial charge in [-0.05, 0) is 45.4 Å². The third kappa shape index (κ3) is 4.91. The zero-order valence-electron chi connectivity index (χ0n) is 12.7. The van der Waals surface area contributed by atoms with Gasteiger partial charge in [0.25, 0.3) is 0 Å². The average molecular weight is 278 g/mol. The molecule has 1 aromatic rings. The Bertz CT molecular complexity index is 504. The molecule has 5 nitrogen and oxygen atoms in total. The summed E-state index contributed by atoms with van der Waals surface area (Å²) in [6.07, 6.45) is 0. The van der Waals surface area contributed by atoms with Gasteiger partial charge in [-0.15, -0.1) is 0 Å².